The SMILES string of the molecule is CC1=C(c2cccc(O)c2)C(c2ccc(OCCN3CC(CF)C3)cc2)Oc2ccc(O)cc21.O=C(O)C(O)c1ccccc1. The largest absolute Gasteiger partial charge is 0.508 e. The fraction of sp³-hybridized carbons (Fsp3) is 0.250. The molecule has 2 heterocycles. The molecule has 0 aromatic heterocycles. The number of hydrogen-bond donors (Lipinski definition) is 4. The summed E-state index contributed by atoms with van der Waals surface area (Å²) >= 11 is 0. The molecule has 2 aliphatic heterocycles. The molecule has 234 valence electrons. The van der Waals surface area contributed by atoms with Gasteiger partial charge in [0.15, 0.2) is 6.10 Å². The lowest BCUT2D eigenvalue weighted by Gasteiger charge is -2.37. The number of nitrogens with zero attached hydrogens (tertiary/aromatic N) is 1. The first-order valence-corrected chi connectivity index (χ1v) is 14.7. The molecular formula is C36H36FNO7. The molecule has 0 radical (unpaired) electrons. The van der Waals surface area contributed by atoms with Crippen molar-refractivity contribution in [1.82, 2.24) is 4.90 Å². The van der Waals surface area contributed by atoms with Crippen LogP contribution in [0.5, 0.6) is 23.0 Å². The molecule has 4 aromatic carbocycles. The van der Waals surface area contributed by atoms with Gasteiger partial charge in [-0.1, -0.05) is 54.6 Å². The number of likely N-dealkylation sites (tertiary alicyclic amines) is 1. The highest BCUT2D eigenvalue weighted by molar-refractivity contribution is 5.95. The van der Waals surface area contributed by atoms with Crippen LogP contribution in [-0.2, 0) is 4.79 Å². The lowest BCUT2D eigenvalue weighted by molar-refractivity contribution is -0.146. The molecule has 9 heteroatoms. The Morgan fingerprint density at radius 2 is 1.67 bits per heavy atom. The van der Waals surface area contributed by atoms with E-state index in [0.29, 0.717) is 17.9 Å². The maximum absolute atomic E-state index is 12.6. The van der Waals surface area contributed by atoms with Gasteiger partial charge in [-0.2, -0.15) is 0 Å². The fourth-order valence-corrected chi connectivity index (χ4v) is 5.48. The number of fused-ring (bicyclic) bond motifs is 1. The normalized spacial score (nSPS) is 16.8. The van der Waals surface area contributed by atoms with Crippen molar-refractivity contribution in [3.8, 4) is 23.0 Å². The molecule has 4 N–H and O–H groups in total. The Labute approximate surface area is 261 Å². The van der Waals surface area contributed by atoms with Gasteiger partial charge in [-0.05, 0) is 71.7 Å². The zero-order valence-corrected chi connectivity index (χ0v) is 24.8. The van der Waals surface area contributed by atoms with E-state index < -0.39 is 12.1 Å². The third-order valence-electron chi connectivity index (χ3n) is 7.89. The minimum Gasteiger partial charge on any atom is -0.508 e. The van der Waals surface area contributed by atoms with E-state index >= 15 is 0 Å². The third-order valence-corrected chi connectivity index (χ3v) is 7.89. The first-order valence-electron chi connectivity index (χ1n) is 14.7. The lowest BCUT2D eigenvalue weighted by Crippen LogP contribution is -2.49. The highest BCUT2D eigenvalue weighted by atomic mass is 19.1. The lowest BCUT2D eigenvalue weighted by atomic mass is 9.86. The Morgan fingerprint density at radius 1 is 0.956 bits per heavy atom. The van der Waals surface area contributed by atoms with Crippen molar-refractivity contribution >= 4 is 17.1 Å². The molecule has 2 unspecified atom stereocenters. The van der Waals surface area contributed by atoms with Crippen LogP contribution < -0.4 is 9.47 Å². The first kappa shape index (κ1) is 31.6. The van der Waals surface area contributed by atoms with Gasteiger partial charge in [-0.15, -0.1) is 0 Å². The number of hydrogen-bond acceptors (Lipinski definition) is 7. The molecule has 2 atom stereocenters. The van der Waals surface area contributed by atoms with Crippen LogP contribution in [0.25, 0.3) is 11.1 Å². The fourth-order valence-electron chi connectivity index (χ4n) is 5.48. The highest BCUT2D eigenvalue weighted by Gasteiger charge is 2.30. The average Bonchev–Trinajstić information content (AvgIpc) is 3.03. The van der Waals surface area contributed by atoms with Crippen LogP contribution in [0.3, 0.4) is 0 Å². The number of aliphatic hydroxyl groups is 1. The van der Waals surface area contributed by atoms with Crippen molar-refractivity contribution in [2.24, 2.45) is 5.92 Å². The molecule has 6 rings (SSSR count). The Kier molecular flexibility index (Phi) is 10.0. The highest BCUT2D eigenvalue weighted by Crippen LogP contribution is 2.47. The molecule has 1 fully saturated rings. The molecule has 1 saturated heterocycles. The van der Waals surface area contributed by atoms with Gasteiger partial charge in [-0.3, -0.25) is 9.29 Å². The van der Waals surface area contributed by atoms with Crippen LogP contribution in [0, 0.1) is 5.92 Å². The minimum atomic E-state index is -1.41. The number of phenols is 2. The van der Waals surface area contributed by atoms with E-state index in [4.69, 9.17) is 19.7 Å². The van der Waals surface area contributed by atoms with Gasteiger partial charge in [0.1, 0.15) is 35.7 Å². The van der Waals surface area contributed by atoms with Gasteiger partial charge in [0.2, 0.25) is 0 Å². The van der Waals surface area contributed by atoms with Crippen LogP contribution in [0.1, 0.15) is 41.4 Å². The van der Waals surface area contributed by atoms with Crippen LogP contribution >= 0.6 is 0 Å². The number of alkyl halides is 1. The monoisotopic (exact) mass is 613 g/mol. The second-order valence-electron chi connectivity index (χ2n) is 11.1. The summed E-state index contributed by atoms with van der Waals surface area (Å²) in [5, 5.41) is 37.5. The van der Waals surface area contributed by atoms with Crippen LogP contribution in [0.2, 0.25) is 0 Å². The van der Waals surface area contributed by atoms with E-state index in [9.17, 15) is 19.4 Å². The summed E-state index contributed by atoms with van der Waals surface area (Å²) in [6.07, 6.45) is -1.79. The summed E-state index contributed by atoms with van der Waals surface area (Å²) in [5.74, 6) is 0.785. The van der Waals surface area contributed by atoms with Crippen molar-refractivity contribution in [2.75, 3.05) is 32.9 Å². The first-order chi connectivity index (χ1) is 21.7. The standard InChI is InChI=1S/C28H28FNO4.C8H8O3/c1-18-25-14-23(32)7-10-26(25)34-28(27(18)21-3-2-4-22(31)13-21)20-5-8-24(9-6-20)33-12-11-30-16-19(15-29)17-30;9-7(8(10)11)6-4-2-1-3-5-6/h2-10,13-14,19,28,31-32H,11-12,15-17H2,1H3;1-5,7,9H,(H,10,11). The van der Waals surface area contributed by atoms with Gasteiger partial charge in [-0.25, -0.2) is 4.79 Å². The van der Waals surface area contributed by atoms with E-state index in [1.165, 1.54) is 0 Å². The molecule has 45 heavy (non-hydrogen) atoms. The van der Waals surface area contributed by atoms with Crippen molar-refractivity contribution in [1.29, 1.82) is 0 Å². The second kappa shape index (κ2) is 14.3. The number of aliphatic carboxylic acids is 1. The Bertz CT molecular complexity index is 1640. The van der Waals surface area contributed by atoms with E-state index in [2.05, 4.69) is 4.90 Å². The Hall–Kier alpha value is -4.86. The van der Waals surface area contributed by atoms with E-state index in [1.807, 2.05) is 43.3 Å². The topological polar surface area (TPSA) is 120 Å². The van der Waals surface area contributed by atoms with Gasteiger partial charge in [0.25, 0.3) is 0 Å². The number of rotatable bonds is 9. The Balaban J connectivity index is 0.000000309. The van der Waals surface area contributed by atoms with Gasteiger partial charge in [0.05, 0.1) is 6.67 Å². The van der Waals surface area contributed by atoms with Gasteiger partial charge >= 0.3 is 5.97 Å². The van der Waals surface area contributed by atoms with Gasteiger partial charge in [0, 0.05) is 36.7 Å². The number of aromatic hydroxyl groups is 2. The number of benzene rings is 4. The van der Waals surface area contributed by atoms with Crippen molar-refractivity contribution < 1.29 is 39.1 Å². The summed E-state index contributed by atoms with van der Waals surface area (Å²) in [6.45, 7) is 4.72. The number of aliphatic hydroxyl groups excluding tert-OH is 1. The van der Waals surface area contributed by atoms with Crippen LogP contribution in [0.4, 0.5) is 4.39 Å². The summed E-state index contributed by atoms with van der Waals surface area (Å²) in [5.41, 5.74) is 4.96. The van der Waals surface area contributed by atoms with E-state index in [0.717, 1.165) is 53.2 Å². The number of carboxylic acids is 1. The summed E-state index contributed by atoms with van der Waals surface area (Å²) in [4.78, 5) is 12.4. The maximum atomic E-state index is 12.6. The van der Waals surface area contributed by atoms with E-state index in [-0.39, 0.29) is 30.2 Å². The zero-order chi connectivity index (χ0) is 31.9. The average molecular weight is 614 g/mol. The number of ether oxygens (including phenoxy) is 2. The molecular weight excluding hydrogens is 577 g/mol. The molecule has 0 amide bonds. The summed E-state index contributed by atoms with van der Waals surface area (Å²) < 4.78 is 24.9. The van der Waals surface area contributed by atoms with Gasteiger partial charge < -0.3 is 29.9 Å². The molecule has 8 nitrogen and oxygen atoms in total. The van der Waals surface area contributed by atoms with Crippen molar-refractivity contribution in [3.05, 3.63) is 119 Å². The second-order valence-corrected chi connectivity index (χ2v) is 11.1. The molecule has 0 saturated carbocycles. The third kappa shape index (κ3) is 7.63. The van der Waals surface area contributed by atoms with Crippen molar-refractivity contribution in [3.63, 3.8) is 0 Å². The van der Waals surface area contributed by atoms with E-state index in [1.54, 1.807) is 60.7 Å². The molecule has 4 aromatic rings. The predicted octanol–water partition coefficient (Wildman–Crippen LogP) is 6.25. The van der Waals surface area contributed by atoms with Crippen LogP contribution in [-0.4, -0.2) is 64.2 Å². The maximum Gasteiger partial charge on any atom is 0.337 e. The number of phenolic OH excluding ortho intramolecular Hbond substituents is 2. The molecule has 0 aliphatic carbocycles. The summed E-state index contributed by atoms with van der Waals surface area (Å²) in [7, 11) is 0. The number of carbonyl (C=O) groups is 1. The smallest absolute Gasteiger partial charge is 0.337 e. The Morgan fingerprint density at radius 3 is 2.33 bits per heavy atom. The van der Waals surface area contributed by atoms with Crippen molar-refractivity contribution in [2.45, 2.75) is 19.1 Å². The molecule has 0 bridgehead atoms. The molecule has 0 spiro atoms. The number of halogens is 1. The number of allylic oxidation sites excluding steroid dienone is 1. The summed E-state index contributed by atoms with van der Waals surface area (Å²) in [6, 6.07) is 28.3. The number of carboxylic acid groups (broad SMARTS) is 1. The minimum absolute atomic E-state index is 0.176. The molecule has 2 aliphatic rings. The zero-order valence-electron chi connectivity index (χ0n) is 24.8. The van der Waals surface area contributed by atoms with Crippen LogP contribution in [0.15, 0.2) is 97.1 Å². The quantitative estimate of drug-likeness (QED) is 0.175. The predicted molar refractivity (Wildman–Crippen MR) is 169 cm³/mol.